The van der Waals surface area contributed by atoms with Crippen LogP contribution in [0.15, 0.2) is 65.1 Å². The molecule has 1 heterocycles. The fraction of sp³-hybridized carbons (Fsp3) is 0.0556. The molecule has 0 saturated heterocycles. The highest BCUT2D eigenvalue weighted by Gasteiger charge is 2.09. The van der Waals surface area contributed by atoms with Gasteiger partial charge in [0.15, 0.2) is 6.61 Å². The number of nitrogens with zero attached hydrogens (tertiary/aromatic N) is 3. The van der Waals surface area contributed by atoms with Crippen LogP contribution in [0.5, 0.6) is 0 Å². The molecule has 0 unspecified atom stereocenters. The van der Waals surface area contributed by atoms with Crippen molar-refractivity contribution in [2.24, 2.45) is 0 Å². The van der Waals surface area contributed by atoms with Crippen LogP contribution >= 0.6 is 0 Å². The molecular formula is C18H13N3O5. The van der Waals surface area contributed by atoms with E-state index in [2.05, 4.69) is 10.2 Å². The number of nitro benzene ring substituents is 1. The fourth-order valence-electron chi connectivity index (χ4n) is 2.06. The molecule has 0 N–H and O–H groups in total. The summed E-state index contributed by atoms with van der Waals surface area (Å²) < 4.78 is 10.5. The second-order valence-corrected chi connectivity index (χ2v) is 5.16. The van der Waals surface area contributed by atoms with E-state index in [0.29, 0.717) is 11.5 Å². The number of non-ortho nitro benzene ring substituents is 1. The molecule has 0 fully saturated rings. The predicted octanol–water partition coefficient (Wildman–Crippen LogP) is 3.40. The Bertz CT molecular complexity index is 933. The Kier molecular flexibility index (Phi) is 5.14. The number of ether oxygens (including phenoxy) is 1. The maximum atomic E-state index is 11.7. The highest BCUT2D eigenvalue weighted by molar-refractivity contribution is 5.87. The molecule has 1 aromatic heterocycles. The monoisotopic (exact) mass is 351 g/mol. The minimum atomic E-state index is -0.595. The molecule has 8 heteroatoms. The standard InChI is InChI=1S/C18H13N3O5/c22-17(11-8-13-6-9-15(10-7-13)21(23)24)25-12-16-19-20-18(26-16)14-4-2-1-3-5-14/h1-11H,12H2/b11-8+. The fourth-order valence-corrected chi connectivity index (χ4v) is 2.06. The van der Waals surface area contributed by atoms with E-state index in [9.17, 15) is 14.9 Å². The summed E-state index contributed by atoms with van der Waals surface area (Å²) >= 11 is 0. The third kappa shape index (κ3) is 4.38. The van der Waals surface area contributed by atoms with Crippen molar-refractivity contribution in [3.05, 3.63) is 82.2 Å². The molecule has 8 nitrogen and oxygen atoms in total. The average molecular weight is 351 g/mol. The van der Waals surface area contributed by atoms with Crippen molar-refractivity contribution in [2.75, 3.05) is 0 Å². The molecule has 2 aromatic carbocycles. The number of carbonyl (C=O) groups is 1. The van der Waals surface area contributed by atoms with Crippen molar-refractivity contribution in [3.8, 4) is 11.5 Å². The van der Waals surface area contributed by atoms with Gasteiger partial charge in [-0.05, 0) is 35.9 Å². The van der Waals surface area contributed by atoms with Crippen LogP contribution in [0.4, 0.5) is 5.69 Å². The van der Waals surface area contributed by atoms with E-state index >= 15 is 0 Å². The lowest BCUT2D eigenvalue weighted by molar-refractivity contribution is -0.384. The lowest BCUT2D eigenvalue weighted by atomic mass is 10.2. The highest BCUT2D eigenvalue weighted by atomic mass is 16.6. The van der Waals surface area contributed by atoms with E-state index < -0.39 is 10.9 Å². The Hall–Kier alpha value is -3.81. The maximum Gasteiger partial charge on any atom is 0.331 e. The van der Waals surface area contributed by atoms with E-state index in [4.69, 9.17) is 9.15 Å². The number of hydrogen-bond donors (Lipinski definition) is 0. The summed E-state index contributed by atoms with van der Waals surface area (Å²) in [5.74, 6) is -0.0678. The van der Waals surface area contributed by atoms with Gasteiger partial charge in [-0.2, -0.15) is 0 Å². The van der Waals surface area contributed by atoms with Crippen LogP contribution in [0, 0.1) is 10.1 Å². The molecule has 3 aromatic rings. The molecule has 0 saturated carbocycles. The lowest BCUT2D eigenvalue weighted by Gasteiger charge is -1.97. The van der Waals surface area contributed by atoms with Gasteiger partial charge in [-0.25, -0.2) is 4.79 Å². The molecule has 0 bridgehead atoms. The number of hydrogen-bond acceptors (Lipinski definition) is 7. The Morgan fingerprint density at radius 3 is 2.54 bits per heavy atom. The van der Waals surface area contributed by atoms with Crippen molar-refractivity contribution in [1.82, 2.24) is 10.2 Å². The summed E-state index contributed by atoms with van der Waals surface area (Å²) in [6, 6.07) is 15.0. The number of benzene rings is 2. The van der Waals surface area contributed by atoms with Crippen molar-refractivity contribution in [3.63, 3.8) is 0 Å². The molecule has 130 valence electrons. The van der Waals surface area contributed by atoms with Crippen LogP contribution in [0.25, 0.3) is 17.5 Å². The second kappa shape index (κ2) is 7.84. The zero-order chi connectivity index (χ0) is 18.4. The van der Waals surface area contributed by atoms with Gasteiger partial charge in [0.05, 0.1) is 4.92 Å². The minimum absolute atomic E-state index is 0.0182. The average Bonchev–Trinajstić information content (AvgIpc) is 3.15. The molecule has 0 amide bonds. The topological polar surface area (TPSA) is 108 Å². The van der Waals surface area contributed by atoms with Gasteiger partial charge in [0.1, 0.15) is 0 Å². The summed E-state index contributed by atoms with van der Waals surface area (Å²) in [5, 5.41) is 18.3. The first-order valence-corrected chi connectivity index (χ1v) is 7.59. The first-order chi connectivity index (χ1) is 12.6. The molecule has 0 aliphatic carbocycles. The SMILES string of the molecule is O=C(/C=C/c1ccc([N+](=O)[O-])cc1)OCc1nnc(-c2ccccc2)o1. The lowest BCUT2D eigenvalue weighted by Crippen LogP contribution is -2.00. The third-order valence-electron chi connectivity index (χ3n) is 3.34. The van der Waals surface area contributed by atoms with Crippen LogP contribution in [-0.2, 0) is 16.1 Å². The molecule has 0 aliphatic heterocycles. The van der Waals surface area contributed by atoms with Crippen molar-refractivity contribution in [2.45, 2.75) is 6.61 Å². The summed E-state index contributed by atoms with van der Waals surface area (Å²) in [7, 11) is 0. The molecule has 26 heavy (non-hydrogen) atoms. The number of aromatic nitrogens is 2. The van der Waals surface area contributed by atoms with Gasteiger partial charge in [-0.1, -0.05) is 18.2 Å². The number of nitro groups is 1. The van der Waals surface area contributed by atoms with Crippen LogP contribution in [0.3, 0.4) is 0 Å². The van der Waals surface area contributed by atoms with Gasteiger partial charge in [-0.15, -0.1) is 10.2 Å². The van der Waals surface area contributed by atoms with Gasteiger partial charge < -0.3 is 9.15 Å². The van der Waals surface area contributed by atoms with Crippen molar-refractivity contribution >= 4 is 17.7 Å². The van der Waals surface area contributed by atoms with Crippen LogP contribution in [0.1, 0.15) is 11.5 Å². The summed E-state index contributed by atoms with van der Waals surface area (Å²) in [4.78, 5) is 21.8. The smallest absolute Gasteiger partial charge is 0.331 e. The number of carbonyl (C=O) groups excluding carboxylic acids is 1. The Balaban J connectivity index is 1.54. The molecular weight excluding hydrogens is 338 g/mol. The largest absolute Gasteiger partial charge is 0.452 e. The maximum absolute atomic E-state index is 11.7. The number of esters is 1. The highest BCUT2D eigenvalue weighted by Crippen LogP contribution is 2.17. The first kappa shape index (κ1) is 17.0. The first-order valence-electron chi connectivity index (χ1n) is 7.59. The molecule has 0 spiro atoms. The van der Waals surface area contributed by atoms with Gasteiger partial charge in [0.2, 0.25) is 5.89 Å². The van der Waals surface area contributed by atoms with Crippen molar-refractivity contribution < 1.29 is 18.9 Å². The number of rotatable bonds is 6. The predicted molar refractivity (Wildman–Crippen MR) is 91.7 cm³/mol. The molecule has 3 rings (SSSR count). The Labute approximate surface area is 147 Å². The van der Waals surface area contributed by atoms with Gasteiger partial charge >= 0.3 is 5.97 Å². The molecule has 0 radical (unpaired) electrons. The summed E-state index contributed by atoms with van der Waals surface area (Å²) in [5.41, 5.74) is 1.39. The van der Waals surface area contributed by atoms with Crippen molar-refractivity contribution in [1.29, 1.82) is 0 Å². The van der Waals surface area contributed by atoms with E-state index in [1.165, 1.54) is 36.4 Å². The summed E-state index contributed by atoms with van der Waals surface area (Å²) in [6.07, 6.45) is 2.71. The van der Waals surface area contributed by atoms with Crippen LogP contribution in [0.2, 0.25) is 0 Å². The van der Waals surface area contributed by atoms with E-state index in [-0.39, 0.29) is 18.2 Å². The Morgan fingerprint density at radius 1 is 1.12 bits per heavy atom. The van der Waals surface area contributed by atoms with E-state index in [0.717, 1.165) is 5.56 Å². The van der Waals surface area contributed by atoms with E-state index in [1.807, 2.05) is 30.3 Å². The normalized spacial score (nSPS) is 10.8. The zero-order valence-corrected chi connectivity index (χ0v) is 13.4. The van der Waals surface area contributed by atoms with Gasteiger partial charge in [-0.3, -0.25) is 10.1 Å². The quantitative estimate of drug-likeness (QED) is 0.290. The van der Waals surface area contributed by atoms with Gasteiger partial charge in [0, 0.05) is 23.8 Å². The van der Waals surface area contributed by atoms with E-state index in [1.54, 1.807) is 0 Å². The summed E-state index contributed by atoms with van der Waals surface area (Å²) in [6.45, 7) is -0.150. The Morgan fingerprint density at radius 2 is 1.85 bits per heavy atom. The van der Waals surface area contributed by atoms with Crippen LogP contribution < -0.4 is 0 Å². The second-order valence-electron chi connectivity index (χ2n) is 5.16. The van der Waals surface area contributed by atoms with Gasteiger partial charge in [0.25, 0.3) is 11.6 Å². The molecule has 0 aliphatic rings. The zero-order valence-electron chi connectivity index (χ0n) is 13.4. The minimum Gasteiger partial charge on any atom is -0.452 e. The molecule has 0 atom stereocenters. The third-order valence-corrected chi connectivity index (χ3v) is 3.34. The van der Waals surface area contributed by atoms with Crippen LogP contribution in [-0.4, -0.2) is 21.1 Å².